The van der Waals surface area contributed by atoms with Crippen LogP contribution in [0, 0.1) is 0 Å². The Kier molecular flexibility index (Phi) is 3.53. The van der Waals surface area contributed by atoms with Gasteiger partial charge in [0.05, 0.1) is 6.20 Å². The fourth-order valence-corrected chi connectivity index (χ4v) is 0.943. The van der Waals surface area contributed by atoms with Crippen molar-refractivity contribution in [1.29, 1.82) is 0 Å². The van der Waals surface area contributed by atoms with E-state index in [4.69, 9.17) is 4.74 Å². The molecule has 0 aliphatic carbocycles. The van der Waals surface area contributed by atoms with Crippen molar-refractivity contribution in [2.75, 3.05) is 32.2 Å². The Hall–Kier alpha value is -1.10. The van der Waals surface area contributed by atoms with Crippen LogP contribution in [-0.4, -0.2) is 42.7 Å². The molecule has 5 nitrogen and oxygen atoms in total. The van der Waals surface area contributed by atoms with Crippen molar-refractivity contribution in [3.8, 4) is 0 Å². The molecule has 0 fully saturated rings. The van der Waals surface area contributed by atoms with Gasteiger partial charge in [-0.3, -0.25) is 0 Å². The summed E-state index contributed by atoms with van der Waals surface area (Å²) in [5.74, 6) is 0.936. The average Bonchev–Trinajstić information content (AvgIpc) is 2.56. The molecule has 0 radical (unpaired) electrons. The van der Waals surface area contributed by atoms with Crippen LogP contribution in [0.25, 0.3) is 0 Å². The highest BCUT2D eigenvalue weighted by Crippen LogP contribution is 2.03. The molecule has 0 bridgehead atoms. The summed E-state index contributed by atoms with van der Waals surface area (Å²) in [5.41, 5.74) is 0. The van der Waals surface area contributed by atoms with Crippen molar-refractivity contribution in [2.24, 2.45) is 0 Å². The Labute approximate surface area is 71.7 Å². The van der Waals surface area contributed by atoms with Gasteiger partial charge in [-0.1, -0.05) is 5.21 Å². The van der Waals surface area contributed by atoms with Crippen LogP contribution in [0.2, 0.25) is 0 Å². The SMILES string of the molecule is COCCCN(C)c1cnn[nH]1. The molecule has 68 valence electrons. The van der Waals surface area contributed by atoms with Gasteiger partial charge in [0, 0.05) is 27.3 Å². The van der Waals surface area contributed by atoms with Gasteiger partial charge < -0.3 is 9.64 Å². The van der Waals surface area contributed by atoms with Crippen LogP contribution in [0.1, 0.15) is 6.42 Å². The number of aromatic nitrogens is 3. The van der Waals surface area contributed by atoms with Gasteiger partial charge in [-0.05, 0) is 6.42 Å². The molecule has 0 unspecified atom stereocenters. The van der Waals surface area contributed by atoms with E-state index in [1.165, 1.54) is 0 Å². The molecule has 12 heavy (non-hydrogen) atoms. The summed E-state index contributed by atoms with van der Waals surface area (Å²) >= 11 is 0. The standard InChI is InChI=1S/C7H14N4O/c1-11(4-3-5-12-2)7-6-8-10-9-7/h6H,3-5H2,1-2H3,(H,8,9,10). The molecule has 0 amide bonds. The number of methoxy groups -OCH3 is 1. The molecule has 1 aromatic heterocycles. The number of rotatable bonds is 5. The molecule has 0 aliphatic heterocycles. The minimum absolute atomic E-state index is 0.784. The van der Waals surface area contributed by atoms with Crippen molar-refractivity contribution in [1.82, 2.24) is 15.4 Å². The van der Waals surface area contributed by atoms with E-state index in [9.17, 15) is 0 Å². The normalized spacial score (nSPS) is 10.2. The monoisotopic (exact) mass is 170 g/mol. The summed E-state index contributed by atoms with van der Waals surface area (Å²) in [7, 11) is 3.70. The smallest absolute Gasteiger partial charge is 0.144 e. The molecule has 0 saturated heterocycles. The van der Waals surface area contributed by atoms with Crippen LogP contribution in [0.15, 0.2) is 6.20 Å². The molecule has 0 atom stereocenters. The summed E-state index contributed by atoms with van der Waals surface area (Å²) in [4.78, 5) is 2.05. The Morgan fingerprint density at radius 1 is 1.67 bits per heavy atom. The topological polar surface area (TPSA) is 54.0 Å². The van der Waals surface area contributed by atoms with Crippen LogP contribution in [0.5, 0.6) is 0 Å². The molecule has 0 aliphatic rings. The summed E-state index contributed by atoms with van der Waals surface area (Å²) < 4.78 is 4.94. The van der Waals surface area contributed by atoms with Gasteiger partial charge in [0.15, 0.2) is 0 Å². The van der Waals surface area contributed by atoms with Crippen molar-refractivity contribution in [2.45, 2.75) is 6.42 Å². The lowest BCUT2D eigenvalue weighted by atomic mass is 10.4. The molecule has 0 spiro atoms. The maximum atomic E-state index is 4.94. The van der Waals surface area contributed by atoms with E-state index in [-0.39, 0.29) is 0 Å². The van der Waals surface area contributed by atoms with E-state index in [1.807, 2.05) is 7.05 Å². The number of hydrogen-bond acceptors (Lipinski definition) is 4. The quantitative estimate of drug-likeness (QED) is 0.645. The number of nitrogens with one attached hydrogen (secondary N) is 1. The third kappa shape index (κ3) is 2.50. The van der Waals surface area contributed by atoms with Gasteiger partial charge in [-0.15, -0.1) is 5.10 Å². The predicted octanol–water partition coefficient (Wildman–Crippen LogP) is 0.277. The zero-order chi connectivity index (χ0) is 8.81. The molecule has 1 heterocycles. The summed E-state index contributed by atoms with van der Waals surface area (Å²) in [5, 5.41) is 10.1. The molecular formula is C7H14N4O. The van der Waals surface area contributed by atoms with Crippen molar-refractivity contribution in [3.05, 3.63) is 6.20 Å². The highest BCUT2D eigenvalue weighted by molar-refractivity contribution is 5.32. The van der Waals surface area contributed by atoms with E-state index < -0.39 is 0 Å². The van der Waals surface area contributed by atoms with Gasteiger partial charge in [-0.2, -0.15) is 0 Å². The molecule has 1 N–H and O–H groups in total. The molecule has 1 rings (SSSR count). The third-order valence-electron chi connectivity index (χ3n) is 1.66. The maximum Gasteiger partial charge on any atom is 0.144 e. The number of anilines is 1. The highest BCUT2D eigenvalue weighted by Gasteiger charge is 2.00. The summed E-state index contributed by atoms with van der Waals surface area (Å²) in [6.45, 7) is 1.73. The summed E-state index contributed by atoms with van der Waals surface area (Å²) in [6.07, 6.45) is 2.71. The fraction of sp³-hybridized carbons (Fsp3) is 0.714. The van der Waals surface area contributed by atoms with Crippen LogP contribution in [0.3, 0.4) is 0 Å². The largest absolute Gasteiger partial charge is 0.385 e. The highest BCUT2D eigenvalue weighted by atomic mass is 16.5. The fourth-order valence-electron chi connectivity index (χ4n) is 0.943. The first kappa shape index (κ1) is 8.99. The van der Waals surface area contributed by atoms with Gasteiger partial charge in [0.1, 0.15) is 5.82 Å². The zero-order valence-corrected chi connectivity index (χ0v) is 7.45. The van der Waals surface area contributed by atoms with Gasteiger partial charge in [-0.25, -0.2) is 5.10 Å². The second-order valence-corrected chi connectivity index (χ2v) is 2.61. The van der Waals surface area contributed by atoms with Crippen LogP contribution in [-0.2, 0) is 4.74 Å². The first-order valence-corrected chi connectivity index (χ1v) is 3.90. The van der Waals surface area contributed by atoms with E-state index in [2.05, 4.69) is 20.3 Å². The first-order chi connectivity index (χ1) is 5.84. The average molecular weight is 170 g/mol. The predicted molar refractivity (Wildman–Crippen MR) is 46.1 cm³/mol. The van der Waals surface area contributed by atoms with Gasteiger partial charge in [0.25, 0.3) is 0 Å². The number of H-pyrrole nitrogens is 1. The number of hydrogen-bond donors (Lipinski definition) is 1. The maximum absolute atomic E-state index is 4.94. The zero-order valence-electron chi connectivity index (χ0n) is 7.45. The van der Waals surface area contributed by atoms with Crippen LogP contribution in [0.4, 0.5) is 5.82 Å². The number of ether oxygens (including phenoxy) is 1. The Morgan fingerprint density at radius 3 is 3.08 bits per heavy atom. The lowest BCUT2D eigenvalue weighted by Gasteiger charge is -2.14. The van der Waals surface area contributed by atoms with E-state index in [0.29, 0.717) is 0 Å². The Balaban J connectivity index is 2.25. The second-order valence-electron chi connectivity index (χ2n) is 2.61. The molecular weight excluding hydrogens is 156 g/mol. The van der Waals surface area contributed by atoms with Crippen molar-refractivity contribution < 1.29 is 4.74 Å². The molecule has 1 aromatic rings. The van der Waals surface area contributed by atoms with Crippen molar-refractivity contribution >= 4 is 5.82 Å². The Bertz CT molecular complexity index is 199. The first-order valence-electron chi connectivity index (χ1n) is 3.90. The van der Waals surface area contributed by atoms with Crippen LogP contribution < -0.4 is 4.90 Å². The molecule has 0 saturated carbocycles. The number of nitrogens with zero attached hydrogens (tertiary/aromatic N) is 3. The second kappa shape index (κ2) is 4.71. The minimum Gasteiger partial charge on any atom is -0.385 e. The van der Waals surface area contributed by atoms with E-state index in [1.54, 1.807) is 13.3 Å². The minimum atomic E-state index is 0.784. The van der Waals surface area contributed by atoms with Gasteiger partial charge in [0.2, 0.25) is 0 Å². The number of aromatic amines is 1. The van der Waals surface area contributed by atoms with Crippen LogP contribution >= 0.6 is 0 Å². The van der Waals surface area contributed by atoms with Crippen molar-refractivity contribution in [3.63, 3.8) is 0 Å². The molecule has 5 heteroatoms. The Morgan fingerprint density at radius 2 is 2.50 bits per heavy atom. The lowest BCUT2D eigenvalue weighted by Crippen LogP contribution is -2.19. The molecule has 0 aromatic carbocycles. The van der Waals surface area contributed by atoms with Gasteiger partial charge >= 0.3 is 0 Å². The van der Waals surface area contributed by atoms with E-state index >= 15 is 0 Å². The van der Waals surface area contributed by atoms with E-state index in [0.717, 1.165) is 25.4 Å². The third-order valence-corrected chi connectivity index (χ3v) is 1.66. The summed E-state index contributed by atoms with van der Waals surface area (Å²) in [6, 6.07) is 0. The lowest BCUT2D eigenvalue weighted by molar-refractivity contribution is 0.196.